The van der Waals surface area contributed by atoms with Gasteiger partial charge in [-0.05, 0) is 46.3 Å². The predicted octanol–water partition coefficient (Wildman–Crippen LogP) is 7.20. The summed E-state index contributed by atoms with van der Waals surface area (Å²) in [6.07, 6.45) is 0. The summed E-state index contributed by atoms with van der Waals surface area (Å²) in [7, 11) is 0. The zero-order valence-electron chi connectivity index (χ0n) is 23.3. The smallest absolute Gasteiger partial charge is 0.136 e. The van der Waals surface area contributed by atoms with Crippen LogP contribution in [0.1, 0.15) is 40.0 Å². The van der Waals surface area contributed by atoms with Crippen LogP contribution in [0, 0.1) is 0 Å². The summed E-state index contributed by atoms with van der Waals surface area (Å²) in [6.45, 7) is 5.27. The Kier molecular flexibility index (Phi) is 1.74. The van der Waals surface area contributed by atoms with E-state index in [1.165, 1.54) is 0 Å². The molecule has 2 heteroatoms. The lowest BCUT2D eigenvalue weighted by atomic mass is 9.86. The Morgan fingerprint density at radius 2 is 1.58 bits per heavy atom. The first-order valence-corrected chi connectivity index (χ1v) is 7.73. The number of furan rings is 1. The fourth-order valence-corrected chi connectivity index (χ4v) is 2.58. The van der Waals surface area contributed by atoms with Crippen molar-refractivity contribution in [2.24, 2.45) is 0 Å². The second-order valence-corrected chi connectivity index (χ2v) is 6.83. The molecule has 120 valence electrons. The van der Waals surface area contributed by atoms with E-state index < -0.39 is 53.8 Å². The van der Waals surface area contributed by atoms with Crippen molar-refractivity contribution in [1.29, 1.82) is 0 Å². The van der Waals surface area contributed by atoms with Gasteiger partial charge in [-0.2, -0.15) is 0 Å². The molecule has 0 saturated carbocycles. The zero-order valence-corrected chi connectivity index (χ0v) is 14.0. The standard InChI is InChI=1S/C22H19ClO/c1-22(2,3)16-10-7-14(8-11-16)15-9-12-19-17(13-15)21-18(23)5-4-6-20(21)24-19/h4-13H,1-3H3/i4D,5D,6D,7D,8D,9D,10D,11D,12D,13D. The van der Waals surface area contributed by atoms with Crippen LogP contribution in [-0.2, 0) is 5.41 Å². The van der Waals surface area contributed by atoms with Crippen LogP contribution in [0.2, 0.25) is 5.02 Å². The third-order valence-corrected chi connectivity index (χ3v) is 3.94. The van der Waals surface area contributed by atoms with Gasteiger partial charge in [0.1, 0.15) is 11.2 Å². The largest absolute Gasteiger partial charge is 0.456 e. The van der Waals surface area contributed by atoms with E-state index in [-0.39, 0.29) is 55.7 Å². The maximum absolute atomic E-state index is 8.83. The zero-order chi connectivity index (χ0) is 25.6. The van der Waals surface area contributed by atoms with E-state index in [0.29, 0.717) is 0 Å². The lowest BCUT2D eigenvalue weighted by molar-refractivity contribution is 0.590. The monoisotopic (exact) mass is 344 g/mol. The van der Waals surface area contributed by atoms with E-state index in [2.05, 4.69) is 0 Å². The normalized spacial score (nSPS) is 18.0. The van der Waals surface area contributed by atoms with Crippen molar-refractivity contribution in [2.75, 3.05) is 0 Å². The number of halogens is 1. The van der Waals surface area contributed by atoms with Crippen LogP contribution in [-0.4, -0.2) is 0 Å². The Bertz CT molecular complexity index is 1520. The average molecular weight is 345 g/mol. The average Bonchev–Trinajstić information content (AvgIpc) is 3.16. The van der Waals surface area contributed by atoms with Crippen molar-refractivity contribution in [3.05, 3.63) is 71.0 Å². The van der Waals surface area contributed by atoms with E-state index >= 15 is 0 Å². The molecule has 4 aromatic rings. The van der Waals surface area contributed by atoms with Crippen molar-refractivity contribution in [3.63, 3.8) is 0 Å². The van der Waals surface area contributed by atoms with Crippen LogP contribution in [0.4, 0.5) is 0 Å². The van der Waals surface area contributed by atoms with Crippen LogP contribution < -0.4 is 0 Å². The first-order chi connectivity index (χ1) is 15.6. The van der Waals surface area contributed by atoms with Gasteiger partial charge in [0.15, 0.2) is 0 Å². The molecule has 1 nitrogen and oxygen atoms in total. The second-order valence-electron chi connectivity index (χ2n) is 6.45. The van der Waals surface area contributed by atoms with Crippen LogP contribution >= 0.6 is 11.6 Å². The van der Waals surface area contributed by atoms with Crippen molar-refractivity contribution in [2.45, 2.75) is 26.2 Å². The van der Waals surface area contributed by atoms with Gasteiger partial charge in [0.25, 0.3) is 0 Å². The number of rotatable bonds is 1. The number of hydrogen-bond acceptors (Lipinski definition) is 1. The highest BCUT2D eigenvalue weighted by molar-refractivity contribution is 6.37. The van der Waals surface area contributed by atoms with Crippen molar-refractivity contribution >= 4 is 33.5 Å². The maximum Gasteiger partial charge on any atom is 0.136 e. The lowest BCUT2D eigenvalue weighted by Crippen LogP contribution is -2.10. The number of fused-ring (bicyclic) bond motifs is 3. The number of hydrogen-bond donors (Lipinski definition) is 0. The molecule has 0 aliphatic carbocycles. The molecular formula is C22H19ClO. The minimum Gasteiger partial charge on any atom is -0.456 e. The highest BCUT2D eigenvalue weighted by Gasteiger charge is 2.14. The SMILES string of the molecule is [2H]c1c([2H])c(C(C)(C)C)c([2H])c([2H])c1-c1c([2H])c([2H])c2oc3c([2H])c([2H])c([2H])c(Cl)c3c2c1[2H]. The topological polar surface area (TPSA) is 13.1 Å². The molecule has 0 bridgehead atoms. The van der Waals surface area contributed by atoms with Gasteiger partial charge in [0.2, 0.25) is 0 Å². The molecule has 0 amide bonds. The van der Waals surface area contributed by atoms with Gasteiger partial charge in [-0.1, -0.05) is 68.6 Å². The molecule has 3 aromatic carbocycles. The van der Waals surface area contributed by atoms with Crippen LogP contribution in [0.15, 0.2) is 64.8 Å². The van der Waals surface area contributed by atoms with Crippen LogP contribution in [0.5, 0.6) is 0 Å². The summed E-state index contributed by atoms with van der Waals surface area (Å²) < 4.78 is 89.6. The van der Waals surface area contributed by atoms with Crippen molar-refractivity contribution < 1.29 is 18.1 Å². The molecule has 0 unspecified atom stereocenters. The van der Waals surface area contributed by atoms with E-state index in [1.807, 2.05) is 0 Å². The summed E-state index contributed by atoms with van der Waals surface area (Å²) in [4.78, 5) is 0. The predicted molar refractivity (Wildman–Crippen MR) is 103 cm³/mol. The van der Waals surface area contributed by atoms with E-state index in [1.54, 1.807) is 20.8 Å². The van der Waals surface area contributed by atoms with Crippen molar-refractivity contribution in [1.82, 2.24) is 0 Å². The molecule has 1 aromatic heterocycles. The third kappa shape index (κ3) is 2.50. The first-order valence-electron chi connectivity index (χ1n) is 12.3. The molecule has 0 spiro atoms. The molecule has 24 heavy (non-hydrogen) atoms. The molecule has 0 aliphatic rings. The summed E-state index contributed by atoms with van der Waals surface area (Å²) in [5.41, 5.74) is -1.56. The third-order valence-electron chi connectivity index (χ3n) is 3.65. The molecule has 1 heterocycles. The quantitative estimate of drug-likeness (QED) is 0.355. The minimum atomic E-state index is -0.701. The molecule has 4 rings (SSSR count). The molecule has 0 fully saturated rings. The Labute approximate surface area is 160 Å². The lowest BCUT2D eigenvalue weighted by Gasteiger charge is -2.19. The Morgan fingerprint density at radius 3 is 2.29 bits per heavy atom. The summed E-state index contributed by atoms with van der Waals surface area (Å²) >= 11 is 6.29. The van der Waals surface area contributed by atoms with E-state index in [9.17, 15) is 0 Å². The molecule has 0 saturated heterocycles. The van der Waals surface area contributed by atoms with Gasteiger partial charge in [-0.15, -0.1) is 0 Å². The Morgan fingerprint density at radius 1 is 0.875 bits per heavy atom. The van der Waals surface area contributed by atoms with E-state index in [0.717, 1.165) is 0 Å². The van der Waals surface area contributed by atoms with Crippen molar-refractivity contribution in [3.8, 4) is 11.1 Å². The van der Waals surface area contributed by atoms with E-state index in [4.69, 9.17) is 29.7 Å². The minimum absolute atomic E-state index is 0.0380. The molecule has 0 aliphatic heterocycles. The maximum atomic E-state index is 8.83. The van der Waals surface area contributed by atoms with Gasteiger partial charge < -0.3 is 4.42 Å². The number of benzene rings is 3. The summed E-state index contributed by atoms with van der Waals surface area (Å²) in [5, 5.41) is -0.382. The van der Waals surface area contributed by atoms with Crippen LogP contribution in [0.3, 0.4) is 0 Å². The summed E-state index contributed by atoms with van der Waals surface area (Å²) in [5.74, 6) is 0. The van der Waals surface area contributed by atoms with Gasteiger partial charge in [0, 0.05) is 10.8 Å². The molecule has 0 N–H and O–H groups in total. The Balaban J connectivity index is 2.26. The van der Waals surface area contributed by atoms with Gasteiger partial charge >= 0.3 is 0 Å². The van der Waals surface area contributed by atoms with Crippen LogP contribution in [0.25, 0.3) is 33.1 Å². The van der Waals surface area contributed by atoms with Gasteiger partial charge in [-0.25, -0.2) is 0 Å². The molecular weight excluding hydrogens is 316 g/mol. The fraction of sp³-hybridized carbons (Fsp3) is 0.182. The highest BCUT2D eigenvalue weighted by atomic mass is 35.5. The first kappa shape index (κ1) is 7.76. The second kappa shape index (κ2) is 5.39. The molecule has 0 atom stereocenters. The Hall–Kier alpha value is -2.25. The van der Waals surface area contributed by atoms with Gasteiger partial charge in [-0.3, -0.25) is 0 Å². The fourth-order valence-electron chi connectivity index (χ4n) is 2.35. The summed E-state index contributed by atoms with van der Waals surface area (Å²) in [6, 6.07) is -4.36. The van der Waals surface area contributed by atoms with Gasteiger partial charge in [0.05, 0.1) is 18.7 Å². The highest BCUT2D eigenvalue weighted by Crippen LogP contribution is 2.36. The molecule has 0 radical (unpaired) electrons.